The van der Waals surface area contributed by atoms with E-state index in [-0.39, 0.29) is 11.9 Å². The van der Waals surface area contributed by atoms with Crippen molar-refractivity contribution < 1.29 is 14.7 Å². The molecule has 2 rings (SSSR count). The Bertz CT molecular complexity index is 459. The summed E-state index contributed by atoms with van der Waals surface area (Å²) in [4.78, 5) is 0. The lowest BCUT2D eigenvalue weighted by atomic mass is 10.1. The summed E-state index contributed by atoms with van der Waals surface area (Å²) in [5, 5.41) is 11.6. The van der Waals surface area contributed by atoms with Crippen molar-refractivity contribution in [3.63, 3.8) is 0 Å². The quantitative estimate of drug-likeness (QED) is 0.385. The second-order valence-electron chi connectivity index (χ2n) is 4.43. The number of benzene rings is 1. The van der Waals surface area contributed by atoms with Crippen molar-refractivity contribution in [3.8, 4) is 5.75 Å². The molecular weight excluding hydrogens is 312 g/mol. The summed E-state index contributed by atoms with van der Waals surface area (Å²) in [6.07, 6.45) is 3.54. The Balaban J connectivity index is 1.97. The number of nitrogens with zero attached hydrogens (tertiary/aromatic N) is 1. The molecule has 0 bridgehead atoms. The SMILES string of the molecule is N/C(=N/O)c1ccc(OCC2CCCCO2)c(Br)c1. The lowest BCUT2D eigenvalue weighted by molar-refractivity contribution is -0.0112. The molecule has 0 radical (unpaired) electrons. The molecule has 1 aromatic rings. The van der Waals surface area contributed by atoms with Crippen LogP contribution in [0.25, 0.3) is 0 Å². The average Bonchev–Trinajstić information content (AvgIpc) is 2.46. The van der Waals surface area contributed by atoms with Crippen molar-refractivity contribution in [2.75, 3.05) is 13.2 Å². The Labute approximate surface area is 120 Å². The van der Waals surface area contributed by atoms with Crippen LogP contribution < -0.4 is 10.5 Å². The normalized spacial score (nSPS) is 20.3. The molecule has 1 unspecified atom stereocenters. The van der Waals surface area contributed by atoms with E-state index < -0.39 is 0 Å². The fourth-order valence-electron chi connectivity index (χ4n) is 1.96. The molecule has 1 aromatic carbocycles. The van der Waals surface area contributed by atoms with Gasteiger partial charge >= 0.3 is 0 Å². The summed E-state index contributed by atoms with van der Waals surface area (Å²) in [7, 11) is 0. The van der Waals surface area contributed by atoms with Gasteiger partial charge in [-0.1, -0.05) is 5.16 Å². The number of hydrogen-bond donors (Lipinski definition) is 2. The van der Waals surface area contributed by atoms with Crippen LogP contribution >= 0.6 is 15.9 Å². The number of ether oxygens (including phenoxy) is 2. The Morgan fingerprint density at radius 2 is 2.37 bits per heavy atom. The van der Waals surface area contributed by atoms with Gasteiger partial charge in [-0.3, -0.25) is 0 Å². The van der Waals surface area contributed by atoms with Crippen molar-refractivity contribution in [2.24, 2.45) is 10.9 Å². The van der Waals surface area contributed by atoms with Gasteiger partial charge in [0, 0.05) is 12.2 Å². The van der Waals surface area contributed by atoms with Gasteiger partial charge in [-0.05, 0) is 53.4 Å². The highest BCUT2D eigenvalue weighted by molar-refractivity contribution is 9.10. The molecule has 0 spiro atoms. The standard InChI is InChI=1S/C13H17BrN2O3/c14-11-7-9(13(15)16-17)4-5-12(11)19-8-10-3-1-2-6-18-10/h4-5,7,10,17H,1-3,6,8H2,(H2,15,16). The second-order valence-corrected chi connectivity index (χ2v) is 5.28. The van der Waals surface area contributed by atoms with E-state index in [2.05, 4.69) is 21.1 Å². The van der Waals surface area contributed by atoms with Crippen LogP contribution in [-0.2, 0) is 4.74 Å². The monoisotopic (exact) mass is 328 g/mol. The van der Waals surface area contributed by atoms with Crippen molar-refractivity contribution >= 4 is 21.8 Å². The first-order chi connectivity index (χ1) is 9.20. The third-order valence-corrected chi connectivity index (χ3v) is 3.65. The number of halogens is 1. The molecule has 1 atom stereocenters. The summed E-state index contributed by atoms with van der Waals surface area (Å²) < 4.78 is 12.1. The van der Waals surface area contributed by atoms with Crippen LogP contribution in [0.3, 0.4) is 0 Å². The lowest BCUT2D eigenvalue weighted by Crippen LogP contribution is -2.25. The molecule has 0 saturated carbocycles. The number of amidine groups is 1. The molecule has 19 heavy (non-hydrogen) atoms. The second kappa shape index (κ2) is 6.77. The van der Waals surface area contributed by atoms with Crippen LogP contribution in [0, 0.1) is 0 Å². The third kappa shape index (κ3) is 3.84. The van der Waals surface area contributed by atoms with Crippen molar-refractivity contribution in [2.45, 2.75) is 25.4 Å². The van der Waals surface area contributed by atoms with Gasteiger partial charge in [0.2, 0.25) is 0 Å². The van der Waals surface area contributed by atoms with Gasteiger partial charge in [-0.2, -0.15) is 0 Å². The van der Waals surface area contributed by atoms with Gasteiger partial charge in [0.15, 0.2) is 5.84 Å². The predicted molar refractivity (Wildman–Crippen MR) is 75.7 cm³/mol. The van der Waals surface area contributed by atoms with Crippen LogP contribution in [-0.4, -0.2) is 30.4 Å². The average molecular weight is 329 g/mol. The lowest BCUT2D eigenvalue weighted by Gasteiger charge is -2.22. The van der Waals surface area contributed by atoms with Crippen LogP contribution in [0.15, 0.2) is 27.8 Å². The Hall–Kier alpha value is -1.27. The van der Waals surface area contributed by atoms with Gasteiger partial charge in [0.1, 0.15) is 12.4 Å². The van der Waals surface area contributed by atoms with Crippen molar-refractivity contribution in [3.05, 3.63) is 28.2 Å². The zero-order chi connectivity index (χ0) is 13.7. The zero-order valence-corrected chi connectivity index (χ0v) is 12.1. The largest absolute Gasteiger partial charge is 0.490 e. The maximum atomic E-state index is 8.62. The molecule has 1 saturated heterocycles. The van der Waals surface area contributed by atoms with Crippen molar-refractivity contribution in [1.82, 2.24) is 0 Å². The minimum atomic E-state index is 0.0721. The molecule has 0 aromatic heterocycles. The zero-order valence-electron chi connectivity index (χ0n) is 10.5. The van der Waals surface area contributed by atoms with Gasteiger partial charge in [-0.25, -0.2) is 0 Å². The van der Waals surface area contributed by atoms with Crippen LogP contribution in [0.2, 0.25) is 0 Å². The van der Waals surface area contributed by atoms with E-state index in [0.717, 1.165) is 29.7 Å². The molecule has 1 heterocycles. The summed E-state index contributed by atoms with van der Waals surface area (Å²) in [5.41, 5.74) is 6.16. The Morgan fingerprint density at radius 3 is 3.00 bits per heavy atom. The van der Waals surface area contributed by atoms with E-state index in [0.29, 0.717) is 12.2 Å². The highest BCUT2D eigenvalue weighted by Crippen LogP contribution is 2.26. The van der Waals surface area contributed by atoms with E-state index in [1.807, 2.05) is 0 Å². The minimum absolute atomic E-state index is 0.0721. The molecule has 1 aliphatic rings. The van der Waals surface area contributed by atoms with Gasteiger partial charge < -0.3 is 20.4 Å². The van der Waals surface area contributed by atoms with Gasteiger partial charge in [-0.15, -0.1) is 0 Å². The summed E-state index contributed by atoms with van der Waals surface area (Å²) in [6.45, 7) is 1.36. The third-order valence-electron chi connectivity index (χ3n) is 3.03. The first-order valence-electron chi connectivity index (χ1n) is 6.22. The Kier molecular flexibility index (Phi) is 5.04. The van der Waals surface area contributed by atoms with E-state index in [1.54, 1.807) is 18.2 Å². The van der Waals surface area contributed by atoms with Crippen molar-refractivity contribution in [1.29, 1.82) is 0 Å². The van der Waals surface area contributed by atoms with E-state index in [1.165, 1.54) is 6.42 Å². The minimum Gasteiger partial charge on any atom is -0.490 e. The molecular formula is C13H17BrN2O3. The summed E-state index contributed by atoms with van der Waals surface area (Å²) in [6, 6.07) is 5.29. The van der Waals surface area contributed by atoms with Gasteiger partial charge in [0.05, 0.1) is 10.6 Å². The van der Waals surface area contributed by atoms with E-state index >= 15 is 0 Å². The smallest absolute Gasteiger partial charge is 0.170 e. The van der Waals surface area contributed by atoms with E-state index in [9.17, 15) is 0 Å². The fourth-order valence-corrected chi connectivity index (χ4v) is 2.45. The topological polar surface area (TPSA) is 77.1 Å². The molecule has 104 valence electrons. The molecule has 6 heteroatoms. The summed E-state index contributed by atoms with van der Waals surface area (Å²) in [5.74, 6) is 0.798. The number of nitrogens with two attached hydrogens (primary N) is 1. The molecule has 1 fully saturated rings. The maximum Gasteiger partial charge on any atom is 0.170 e. The van der Waals surface area contributed by atoms with Gasteiger partial charge in [0.25, 0.3) is 0 Å². The predicted octanol–water partition coefficient (Wildman–Crippen LogP) is 2.49. The van der Waals surface area contributed by atoms with Crippen LogP contribution in [0.1, 0.15) is 24.8 Å². The number of hydrogen-bond acceptors (Lipinski definition) is 4. The fraction of sp³-hybridized carbons (Fsp3) is 0.462. The first kappa shape index (κ1) is 14.1. The Morgan fingerprint density at radius 1 is 1.53 bits per heavy atom. The highest BCUT2D eigenvalue weighted by Gasteiger charge is 2.15. The van der Waals surface area contributed by atoms with Crippen LogP contribution in [0.5, 0.6) is 5.75 Å². The molecule has 0 amide bonds. The van der Waals surface area contributed by atoms with E-state index in [4.69, 9.17) is 20.4 Å². The molecule has 0 aliphatic carbocycles. The molecule has 5 nitrogen and oxygen atoms in total. The first-order valence-corrected chi connectivity index (χ1v) is 7.02. The molecule has 1 aliphatic heterocycles. The highest BCUT2D eigenvalue weighted by atomic mass is 79.9. The van der Waals surface area contributed by atoms with Crippen LogP contribution in [0.4, 0.5) is 0 Å². The molecule has 3 N–H and O–H groups in total. The number of rotatable bonds is 4. The maximum absolute atomic E-state index is 8.62. The summed E-state index contributed by atoms with van der Waals surface area (Å²) >= 11 is 3.41. The number of oxime groups is 1.